The lowest BCUT2D eigenvalue weighted by molar-refractivity contribution is -0.143. The molecule has 6 nitrogen and oxygen atoms in total. The molecule has 0 saturated heterocycles. The van der Waals surface area contributed by atoms with Gasteiger partial charge in [-0.1, -0.05) is 179 Å². The average Bonchev–Trinajstić information content (AvgIpc) is 3.11. The molecule has 0 fully saturated rings. The summed E-state index contributed by atoms with van der Waals surface area (Å²) in [6.07, 6.45) is 44.5. The normalized spacial score (nSPS) is 13.0. The molecule has 6 heteroatoms. The van der Waals surface area contributed by atoms with Crippen LogP contribution < -0.4 is 5.32 Å². The first-order chi connectivity index (χ1) is 24.5. The second-order valence-electron chi connectivity index (χ2n) is 14.7. The SMILES string of the molecule is CCCCCCCCCCCCC/C=C/C(O)C(CO)NC(=O)CCC/C=C\CCCCCCOC(=O)CCCCCCCCCCCCC. The third kappa shape index (κ3) is 36.1. The van der Waals surface area contributed by atoms with Crippen LogP contribution in [0.5, 0.6) is 0 Å². The predicted octanol–water partition coefficient (Wildman–Crippen LogP) is 12.0. The van der Waals surface area contributed by atoms with E-state index >= 15 is 0 Å². The maximum Gasteiger partial charge on any atom is 0.305 e. The van der Waals surface area contributed by atoms with E-state index in [1.54, 1.807) is 6.08 Å². The maximum atomic E-state index is 12.3. The Balaban J connectivity index is 3.62. The highest BCUT2D eigenvalue weighted by Crippen LogP contribution is 2.14. The minimum atomic E-state index is -0.872. The molecule has 50 heavy (non-hydrogen) atoms. The van der Waals surface area contributed by atoms with E-state index in [9.17, 15) is 19.8 Å². The van der Waals surface area contributed by atoms with Gasteiger partial charge >= 0.3 is 5.97 Å². The molecule has 0 aromatic carbocycles. The third-order valence-corrected chi connectivity index (χ3v) is 9.72. The number of unbranched alkanes of at least 4 members (excludes halogenated alkanes) is 26. The zero-order valence-corrected chi connectivity index (χ0v) is 33.1. The number of carbonyl (C=O) groups is 2. The highest BCUT2D eigenvalue weighted by atomic mass is 16.5. The van der Waals surface area contributed by atoms with Gasteiger partial charge in [0, 0.05) is 12.8 Å². The first-order valence-corrected chi connectivity index (χ1v) is 21.6. The molecule has 1 amide bonds. The summed E-state index contributed by atoms with van der Waals surface area (Å²) in [4.78, 5) is 24.3. The average molecular weight is 706 g/mol. The second-order valence-corrected chi connectivity index (χ2v) is 14.7. The van der Waals surface area contributed by atoms with Gasteiger partial charge < -0.3 is 20.3 Å². The van der Waals surface area contributed by atoms with Crippen molar-refractivity contribution in [2.75, 3.05) is 13.2 Å². The third-order valence-electron chi connectivity index (χ3n) is 9.72. The predicted molar refractivity (Wildman–Crippen MR) is 213 cm³/mol. The summed E-state index contributed by atoms with van der Waals surface area (Å²) in [7, 11) is 0. The van der Waals surface area contributed by atoms with Crippen LogP contribution in [0.15, 0.2) is 24.3 Å². The molecule has 0 aliphatic heterocycles. The van der Waals surface area contributed by atoms with Crippen LogP contribution >= 0.6 is 0 Å². The molecular weight excluding hydrogens is 622 g/mol. The molecule has 0 bridgehead atoms. The molecule has 0 heterocycles. The Morgan fingerprint density at radius 2 is 0.960 bits per heavy atom. The van der Waals surface area contributed by atoms with Gasteiger partial charge in [-0.25, -0.2) is 0 Å². The van der Waals surface area contributed by atoms with Crippen molar-refractivity contribution < 1.29 is 24.5 Å². The van der Waals surface area contributed by atoms with Gasteiger partial charge in [0.05, 0.1) is 25.4 Å². The van der Waals surface area contributed by atoms with Crippen molar-refractivity contribution in [2.24, 2.45) is 0 Å². The molecule has 2 unspecified atom stereocenters. The Labute approximate surface area is 310 Å². The molecule has 0 aliphatic rings. The van der Waals surface area contributed by atoms with Crippen molar-refractivity contribution in [3.63, 3.8) is 0 Å². The maximum absolute atomic E-state index is 12.3. The summed E-state index contributed by atoms with van der Waals surface area (Å²) in [5.41, 5.74) is 0. The highest BCUT2D eigenvalue weighted by molar-refractivity contribution is 5.76. The second kappa shape index (κ2) is 40.1. The molecule has 0 aliphatic carbocycles. The van der Waals surface area contributed by atoms with Crippen LogP contribution in [0.1, 0.15) is 219 Å². The lowest BCUT2D eigenvalue weighted by Crippen LogP contribution is -2.45. The van der Waals surface area contributed by atoms with Crippen LogP contribution in [0.3, 0.4) is 0 Å². The largest absolute Gasteiger partial charge is 0.466 e. The van der Waals surface area contributed by atoms with E-state index in [0.717, 1.165) is 70.6 Å². The van der Waals surface area contributed by atoms with Crippen LogP contribution in [0.2, 0.25) is 0 Å². The van der Waals surface area contributed by atoms with Crippen LogP contribution in [0.4, 0.5) is 0 Å². The van der Waals surface area contributed by atoms with E-state index in [2.05, 4.69) is 31.3 Å². The molecule has 0 spiro atoms. The molecule has 3 N–H and O–H groups in total. The van der Waals surface area contributed by atoms with Gasteiger partial charge in [-0.05, 0) is 51.4 Å². The molecule has 0 rings (SSSR count). The number of ether oxygens (including phenoxy) is 1. The summed E-state index contributed by atoms with van der Waals surface area (Å²) < 4.78 is 5.40. The molecule has 0 saturated carbocycles. The van der Waals surface area contributed by atoms with Gasteiger partial charge in [-0.2, -0.15) is 0 Å². The summed E-state index contributed by atoms with van der Waals surface area (Å²) in [5, 5.41) is 22.9. The van der Waals surface area contributed by atoms with Gasteiger partial charge in [-0.15, -0.1) is 0 Å². The number of nitrogens with one attached hydrogen (secondary N) is 1. The topological polar surface area (TPSA) is 95.9 Å². The van der Waals surface area contributed by atoms with Gasteiger partial charge in [0.15, 0.2) is 0 Å². The van der Waals surface area contributed by atoms with Gasteiger partial charge in [-0.3, -0.25) is 9.59 Å². The van der Waals surface area contributed by atoms with Crippen molar-refractivity contribution in [1.82, 2.24) is 5.32 Å². The minimum Gasteiger partial charge on any atom is -0.466 e. The van der Waals surface area contributed by atoms with Crippen molar-refractivity contribution in [3.8, 4) is 0 Å². The number of amides is 1. The fraction of sp³-hybridized carbons (Fsp3) is 0.864. The summed E-state index contributed by atoms with van der Waals surface area (Å²) in [6, 6.07) is -0.662. The number of aliphatic hydroxyl groups excluding tert-OH is 2. The van der Waals surface area contributed by atoms with Crippen LogP contribution in [0.25, 0.3) is 0 Å². The highest BCUT2D eigenvalue weighted by Gasteiger charge is 2.17. The molecule has 294 valence electrons. The molecule has 0 aromatic heterocycles. The molecular formula is C44H83NO5. The number of allylic oxidation sites excluding steroid dienone is 3. The molecule has 2 atom stereocenters. The Morgan fingerprint density at radius 3 is 1.46 bits per heavy atom. The first-order valence-electron chi connectivity index (χ1n) is 21.6. The van der Waals surface area contributed by atoms with E-state index in [0.29, 0.717) is 19.4 Å². The Hall–Kier alpha value is -1.66. The van der Waals surface area contributed by atoms with Crippen molar-refractivity contribution in [2.45, 2.75) is 231 Å². The standard InChI is InChI=1S/C44H83NO5/c1-3-5-7-9-11-13-15-16-18-20-24-28-32-36-42(47)41(40-46)45-43(48)37-33-29-25-21-19-23-27-31-35-39-50-44(49)38-34-30-26-22-17-14-12-10-8-6-4-2/h21,25,32,36,41-42,46-47H,3-20,22-24,26-31,33-35,37-40H2,1-2H3,(H,45,48)/b25-21-,36-32+. The fourth-order valence-corrected chi connectivity index (χ4v) is 6.34. The molecule has 0 aromatic rings. The number of rotatable bonds is 39. The lowest BCUT2D eigenvalue weighted by Gasteiger charge is -2.19. The van der Waals surface area contributed by atoms with E-state index in [1.807, 2.05) is 6.08 Å². The van der Waals surface area contributed by atoms with Gasteiger partial charge in [0.2, 0.25) is 5.91 Å². The van der Waals surface area contributed by atoms with E-state index in [-0.39, 0.29) is 18.5 Å². The number of aliphatic hydroxyl groups is 2. The number of carbonyl (C=O) groups excluding carboxylic acids is 2. The summed E-state index contributed by atoms with van der Waals surface area (Å²) in [5.74, 6) is -0.169. The van der Waals surface area contributed by atoms with Gasteiger partial charge in [0.1, 0.15) is 0 Å². The zero-order valence-electron chi connectivity index (χ0n) is 33.1. The molecule has 0 radical (unpaired) electrons. The number of hydrogen-bond donors (Lipinski definition) is 3. The Morgan fingerprint density at radius 1 is 0.540 bits per heavy atom. The van der Waals surface area contributed by atoms with E-state index in [1.165, 1.54) is 122 Å². The Bertz CT molecular complexity index is 782. The van der Waals surface area contributed by atoms with Gasteiger partial charge in [0.25, 0.3) is 0 Å². The quantitative estimate of drug-likeness (QED) is 0.0336. The monoisotopic (exact) mass is 706 g/mol. The number of esters is 1. The van der Waals surface area contributed by atoms with Crippen LogP contribution in [-0.2, 0) is 14.3 Å². The van der Waals surface area contributed by atoms with Crippen molar-refractivity contribution >= 4 is 11.9 Å². The van der Waals surface area contributed by atoms with E-state index in [4.69, 9.17) is 4.74 Å². The lowest BCUT2D eigenvalue weighted by atomic mass is 10.0. The summed E-state index contributed by atoms with van der Waals surface area (Å²) >= 11 is 0. The van der Waals surface area contributed by atoms with Crippen molar-refractivity contribution in [1.29, 1.82) is 0 Å². The fourth-order valence-electron chi connectivity index (χ4n) is 6.34. The van der Waals surface area contributed by atoms with Crippen LogP contribution in [-0.4, -0.2) is 47.4 Å². The van der Waals surface area contributed by atoms with Crippen molar-refractivity contribution in [3.05, 3.63) is 24.3 Å². The minimum absolute atomic E-state index is 0.0394. The van der Waals surface area contributed by atoms with Crippen LogP contribution in [0, 0.1) is 0 Å². The zero-order chi connectivity index (χ0) is 36.6. The number of hydrogen-bond acceptors (Lipinski definition) is 5. The Kier molecular flexibility index (Phi) is 38.8. The smallest absolute Gasteiger partial charge is 0.305 e. The summed E-state index contributed by atoms with van der Waals surface area (Å²) in [6.45, 7) is 4.78. The first kappa shape index (κ1) is 48.3. The van der Waals surface area contributed by atoms with E-state index < -0.39 is 12.1 Å².